The summed E-state index contributed by atoms with van der Waals surface area (Å²) in [5, 5.41) is 9.83. The second-order valence-electron chi connectivity index (χ2n) is 7.05. The van der Waals surface area contributed by atoms with Crippen LogP contribution in [0.25, 0.3) is 0 Å². The summed E-state index contributed by atoms with van der Waals surface area (Å²) in [4.78, 5) is 14.0. The van der Waals surface area contributed by atoms with Crippen molar-refractivity contribution in [3.8, 4) is 0 Å². The van der Waals surface area contributed by atoms with E-state index in [0.29, 0.717) is 5.69 Å². The zero-order chi connectivity index (χ0) is 20.1. The quantitative estimate of drug-likeness (QED) is 0.847. The molecule has 0 unspecified atom stereocenters. The Morgan fingerprint density at radius 2 is 1.86 bits per heavy atom. The topological polar surface area (TPSA) is 77.9 Å². The molecule has 1 amide bonds. The number of benzene rings is 2. The first-order valence-electron chi connectivity index (χ1n) is 9.19. The van der Waals surface area contributed by atoms with Crippen LogP contribution in [0.3, 0.4) is 0 Å². The van der Waals surface area contributed by atoms with E-state index in [2.05, 4.69) is 0 Å². The average Bonchev–Trinajstić information content (AvgIpc) is 2.68. The number of halogens is 1. The summed E-state index contributed by atoms with van der Waals surface area (Å²) < 4.78 is 41.1. The number of sulfonamides is 1. The molecule has 1 saturated heterocycles. The van der Waals surface area contributed by atoms with Crippen LogP contribution in [0.2, 0.25) is 0 Å². The zero-order valence-electron chi connectivity index (χ0n) is 15.3. The highest BCUT2D eigenvalue weighted by atomic mass is 32.2. The number of carbonyl (C=O) groups is 1. The van der Waals surface area contributed by atoms with Crippen molar-refractivity contribution >= 4 is 21.6 Å². The molecular weight excluding hydrogens is 383 g/mol. The van der Waals surface area contributed by atoms with E-state index in [-0.39, 0.29) is 48.4 Å². The van der Waals surface area contributed by atoms with Crippen molar-refractivity contribution in [3.05, 3.63) is 59.9 Å². The third-order valence-corrected chi connectivity index (χ3v) is 7.43. The molecule has 0 aliphatic carbocycles. The SMILES string of the molecule is CCC(=O)N1[C@H](CO)[C@H]2c3ccccc3N(S(=O)(=O)c3ccc(F)cc3)C[C@H]21. The van der Waals surface area contributed by atoms with Gasteiger partial charge < -0.3 is 10.0 Å². The van der Waals surface area contributed by atoms with Gasteiger partial charge in [-0.1, -0.05) is 25.1 Å². The largest absolute Gasteiger partial charge is 0.394 e. The molecule has 2 aromatic carbocycles. The van der Waals surface area contributed by atoms with Gasteiger partial charge in [0, 0.05) is 12.3 Å². The second-order valence-corrected chi connectivity index (χ2v) is 8.91. The molecule has 0 saturated carbocycles. The molecule has 8 heteroatoms. The Kier molecular flexibility index (Phi) is 4.63. The monoisotopic (exact) mass is 404 g/mol. The van der Waals surface area contributed by atoms with Gasteiger partial charge in [-0.25, -0.2) is 12.8 Å². The van der Waals surface area contributed by atoms with Gasteiger partial charge in [0.25, 0.3) is 10.0 Å². The molecule has 2 heterocycles. The average molecular weight is 404 g/mol. The minimum atomic E-state index is -3.93. The number of carbonyl (C=O) groups excluding carboxylic acids is 1. The van der Waals surface area contributed by atoms with Crippen LogP contribution >= 0.6 is 0 Å². The molecule has 2 aliphatic heterocycles. The number of aliphatic hydroxyl groups excluding tert-OH is 1. The van der Waals surface area contributed by atoms with E-state index >= 15 is 0 Å². The Labute approximate surface area is 163 Å². The molecule has 1 N–H and O–H groups in total. The Morgan fingerprint density at radius 1 is 1.18 bits per heavy atom. The Bertz CT molecular complexity index is 1010. The van der Waals surface area contributed by atoms with Gasteiger partial charge >= 0.3 is 0 Å². The van der Waals surface area contributed by atoms with Crippen LogP contribution in [0.5, 0.6) is 0 Å². The highest BCUT2D eigenvalue weighted by Crippen LogP contribution is 2.49. The Morgan fingerprint density at radius 3 is 2.50 bits per heavy atom. The lowest BCUT2D eigenvalue weighted by Gasteiger charge is -2.58. The zero-order valence-corrected chi connectivity index (χ0v) is 16.1. The number of likely N-dealkylation sites (tertiary alicyclic amines) is 1. The molecule has 1 fully saturated rings. The summed E-state index contributed by atoms with van der Waals surface area (Å²) in [5.41, 5.74) is 1.33. The van der Waals surface area contributed by atoms with Gasteiger partial charge in [-0.15, -0.1) is 0 Å². The summed E-state index contributed by atoms with van der Waals surface area (Å²) in [6.07, 6.45) is 0.284. The van der Waals surface area contributed by atoms with Gasteiger partial charge in [0.15, 0.2) is 0 Å². The summed E-state index contributed by atoms with van der Waals surface area (Å²) in [6, 6.07) is 11.2. The van der Waals surface area contributed by atoms with E-state index < -0.39 is 15.8 Å². The lowest BCUT2D eigenvalue weighted by Crippen LogP contribution is -2.70. The summed E-state index contributed by atoms with van der Waals surface area (Å²) >= 11 is 0. The van der Waals surface area contributed by atoms with E-state index in [9.17, 15) is 22.7 Å². The fourth-order valence-electron chi connectivity index (χ4n) is 4.34. The van der Waals surface area contributed by atoms with Gasteiger partial charge in [-0.3, -0.25) is 9.10 Å². The van der Waals surface area contributed by atoms with Gasteiger partial charge in [-0.2, -0.15) is 0 Å². The van der Waals surface area contributed by atoms with Crippen LogP contribution in [0, 0.1) is 5.82 Å². The molecule has 0 bridgehead atoms. The maximum absolute atomic E-state index is 13.3. The van der Waals surface area contributed by atoms with Crippen LogP contribution in [0.1, 0.15) is 24.8 Å². The Balaban J connectivity index is 1.80. The van der Waals surface area contributed by atoms with Gasteiger partial charge in [0.05, 0.1) is 35.8 Å². The second kappa shape index (κ2) is 6.86. The van der Waals surface area contributed by atoms with E-state index in [0.717, 1.165) is 17.7 Å². The van der Waals surface area contributed by atoms with E-state index in [1.807, 2.05) is 12.1 Å². The van der Waals surface area contributed by atoms with Crippen molar-refractivity contribution in [3.63, 3.8) is 0 Å². The molecule has 3 atom stereocenters. The molecule has 148 valence electrons. The molecule has 0 aromatic heterocycles. The van der Waals surface area contributed by atoms with Crippen LogP contribution in [-0.4, -0.2) is 49.6 Å². The number of anilines is 1. The van der Waals surface area contributed by atoms with Crippen molar-refractivity contribution in [1.82, 2.24) is 4.90 Å². The smallest absolute Gasteiger partial charge is 0.264 e. The lowest BCUT2D eigenvalue weighted by molar-refractivity contribution is -0.149. The fourth-order valence-corrected chi connectivity index (χ4v) is 5.85. The van der Waals surface area contributed by atoms with Crippen LogP contribution in [0.15, 0.2) is 53.4 Å². The third-order valence-electron chi connectivity index (χ3n) is 5.64. The molecule has 0 radical (unpaired) electrons. The first-order valence-corrected chi connectivity index (χ1v) is 10.6. The fraction of sp³-hybridized carbons (Fsp3) is 0.350. The maximum Gasteiger partial charge on any atom is 0.264 e. The van der Waals surface area contributed by atoms with Crippen LogP contribution in [0.4, 0.5) is 10.1 Å². The molecular formula is C20H21FN2O4S. The summed E-state index contributed by atoms with van der Waals surface area (Å²) in [5.74, 6) is -0.738. The van der Waals surface area contributed by atoms with Crippen LogP contribution < -0.4 is 4.31 Å². The molecule has 28 heavy (non-hydrogen) atoms. The highest BCUT2D eigenvalue weighted by Gasteiger charge is 2.55. The number of nitrogens with zero attached hydrogens (tertiary/aromatic N) is 2. The van der Waals surface area contributed by atoms with Gasteiger partial charge in [0.2, 0.25) is 5.91 Å². The number of aliphatic hydroxyl groups is 1. The Hall–Kier alpha value is -2.45. The van der Waals surface area contributed by atoms with Crippen molar-refractivity contribution in [2.75, 3.05) is 17.5 Å². The van der Waals surface area contributed by atoms with E-state index in [4.69, 9.17) is 0 Å². The van der Waals surface area contributed by atoms with Crippen molar-refractivity contribution in [1.29, 1.82) is 0 Å². The maximum atomic E-state index is 13.3. The molecule has 4 rings (SSSR count). The number of amides is 1. The number of fused-ring (bicyclic) bond motifs is 3. The number of para-hydroxylation sites is 1. The predicted octanol–water partition coefficient (Wildman–Crippen LogP) is 2.10. The predicted molar refractivity (Wildman–Crippen MR) is 102 cm³/mol. The lowest BCUT2D eigenvalue weighted by atomic mass is 9.72. The number of hydrogen-bond acceptors (Lipinski definition) is 4. The molecule has 6 nitrogen and oxygen atoms in total. The first kappa shape index (κ1) is 18.9. The third kappa shape index (κ3) is 2.70. The van der Waals surface area contributed by atoms with Gasteiger partial charge in [-0.05, 0) is 35.9 Å². The first-order chi connectivity index (χ1) is 13.4. The highest BCUT2D eigenvalue weighted by molar-refractivity contribution is 7.92. The van der Waals surface area contributed by atoms with E-state index in [1.54, 1.807) is 24.0 Å². The summed E-state index contributed by atoms with van der Waals surface area (Å²) in [7, 11) is -3.93. The number of rotatable bonds is 4. The standard InChI is InChI=1S/C20H21FN2O4S/c1-2-19(25)23-17-11-22(28(26,27)14-9-7-13(21)8-10-14)16-6-4-3-5-15(16)20(17)18(23)12-24/h3-10,17-18,20,24H,2,11-12H2,1H3/t17-,18-,20+/m1/s1. The molecule has 2 aliphatic rings. The number of hydrogen-bond donors (Lipinski definition) is 1. The minimum absolute atomic E-state index is 0.00597. The van der Waals surface area contributed by atoms with Gasteiger partial charge in [0.1, 0.15) is 5.82 Å². The van der Waals surface area contributed by atoms with Crippen molar-refractivity contribution in [2.24, 2.45) is 0 Å². The molecule has 2 aromatic rings. The van der Waals surface area contributed by atoms with Crippen molar-refractivity contribution < 1.29 is 22.7 Å². The molecule has 0 spiro atoms. The minimum Gasteiger partial charge on any atom is -0.394 e. The van der Waals surface area contributed by atoms with Crippen LogP contribution in [-0.2, 0) is 14.8 Å². The summed E-state index contributed by atoms with van der Waals surface area (Å²) in [6.45, 7) is 1.67. The van der Waals surface area contributed by atoms with E-state index in [1.165, 1.54) is 16.4 Å². The van der Waals surface area contributed by atoms with Crippen molar-refractivity contribution in [2.45, 2.75) is 36.2 Å². The normalized spacial score (nSPS) is 23.6.